The predicted octanol–water partition coefficient (Wildman–Crippen LogP) is 25.1. The molecule has 2 heterocycles. The van der Waals surface area contributed by atoms with Crippen molar-refractivity contribution < 1.29 is 0 Å². The number of hydrogen-bond acceptors (Lipinski definition) is 2. The zero-order chi connectivity index (χ0) is 62.9. The molecule has 0 saturated heterocycles. The van der Waals surface area contributed by atoms with E-state index in [9.17, 15) is 0 Å². The Morgan fingerprint density at radius 1 is 0.348 bits per heavy atom. The number of aromatic nitrogens is 2. The van der Waals surface area contributed by atoms with Gasteiger partial charge in [-0.2, -0.15) is 0 Å². The molecule has 16 rings (SSSR count). The standard InChI is InChI=1S/C88H86N4/c1-11-87(7,8)59-38-42-61(43-39-59)89-77-32-19-17-30-66(77)74-52-63(46-51-79(74)89)91(75-34-21-26-57-24-13-15-28-64(57)75)82-53-72(55(3)4)67-48-50-71-83(54-73(56(5)6)68-47-49-70(82)84(67)85(68)71)92(76-35-22-27-58-25-14-16-29-65(58)76)81-37-23-36-80-86(81)69-31-18-20-33-78(69)90(80)62-44-40-60(41-45-62)88(9,10)12-2/h17-23,26-27,30-56H,11-16,24-25,28-29H2,1-10H3. The van der Waals surface area contributed by atoms with E-state index < -0.39 is 0 Å². The molecule has 0 amide bonds. The molecule has 2 aliphatic rings. The summed E-state index contributed by atoms with van der Waals surface area (Å²) in [7, 11) is 0. The zero-order valence-electron chi connectivity index (χ0n) is 55.6. The van der Waals surface area contributed by atoms with E-state index in [0.29, 0.717) is 0 Å². The van der Waals surface area contributed by atoms with Gasteiger partial charge in [0.05, 0.1) is 39.1 Å². The van der Waals surface area contributed by atoms with Gasteiger partial charge in [-0.05, 0) is 244 Å². The van der Waals surface area contributed by atoms with Crippen LogP contribution in [-0.4, -0.2) is 9.13 Å². The zero-order valence-corrected chi connectivity index (χ0v) is 55.6. The molecule has 0 N–H and O–H groups in total. The number of benzene rings is 12. The molecule has 0 aliphatic heterocycles. The lowest BCUT2D eigenvalue weighted by Crippen LogP contribution is -2.17. The lowest BCUT2D eigenvalue weighted by atomic mass is 9.82. The summed E-state index contributed by atoms with van der Waals surface area (Å²) in [5.41, 5.74) is 26.3. The van der Waals surface area contributed by atoms with Crippen LogP contribution >= 0.6 is 0 Å². The van der Waals surface area contributed by atoms with Crippen molar-refractivity contribution in [2.75, 3.05) is 9.80 Å². The number of rotatable bonds is 14. The first-order valence-corrected chi connectivity index (χ1v) is 34.6. The van der Waals surface area contributed by atoms with Gasteiger partial charge in [0.15, 0.2) is 0 Å². The maximum Gasteiger partial charge on any atom is 0.0562 e. The van der Waals surface area contributed by atoms with Crippen LogP contribution in [0.2, 0.25) is 0 Å². The normalized spacial score (nSPS) is 13.9. The topological polar surface area (TPSA) is 16.3 Å². The second kappa shape index (κ2) is 22.3. The Kier molecular flexibility index (Phi) is 14.1. The number of fused-ring (bicyclic) bond motifs is 8. The van der Waals surface area contributed by atoms with E-state index in [1.807, 2.05) is 0 Å². The summed E-state index contributed by atoms with van der Waals surface area (Å²) in [5, 5.41) is 13.0. The molecular formula is C88H86N4. The molecule has 0 unspecified atom stereocenters. The van der Waals surface area contributed by atoms with Crippen molar-refractivity contribution in [1.29, 1.82) is 0 Å². The average Bonchev–Trinajstić information content (AvgIpc) is 0.834. The lowest BCUT2D eigenvalue weighted by Gasteiger charge is -2.34. The van der Waals surface area contributed by atoms with E-state index in [4.69, 9.17) is 0 Å². The Morgan fingerprint density at radius 3 is 1.33 bits per heavy atom. The van der Waals surface area contributed by atoms with Crippen molar-refractivity contribution >= 4 is 110 Å². The quantitative estimate of drug-likeness (QED) is 0.101. The Bertz CT molecular complexity index is 5200. The first kappa shape index (κ1) is 58.0. The minimum absolute atomic E-state index is 0.0921. The third-order valence-corrected chi connectivity index (χ3v) is 22.3. The van der Waals surface area contributed by atoms with E-state index >= 15 is 0 Å². The Hall–Kier alpha value is -9.12. The Labute approximate surface area is 544 Å². The molecule has 0 saturated carbocycles. The number of nitrogens with zero attached hydrogens (tertiary/aromatic N) is 4. The van der Waals surface area contributed by atoms with Crippen LogP contribution in [0, 0.1) is 0 Å². The van der Waals surface area contributed by atoms with Crippen molar-refractivity contribution in [3.05, 3.63) is 251 Å². The summed E-state index contributed by atoms with van der Waals surface area (Å²) in [6.07, 6.45) is 11.3. The molecule has 4 heteroatoms. The third-order valence-electron chi connectivity index (χ3n) is 22.3. The van der Waals surface area contributed by atoms with Crippen molar-refractivity contribution in [3.8, 4) is 11.4 Å². The van der Waals surface area contributed by atoms with Crippen LogP contribution in [0.25, 0.3) is 87.3 Å². The van der Waals surface area contributed by atoms with E-state index in [1.54, 1.807) is 0 Å². The van der Waals surface area contributed by atoms with Crippen molar-refractivity contribution in [3.63, 3.8) is 0 Å². The van der Waals surface area contributed by atoms with Crippen molar-refractivity contribution in [2.45, 2.75) is 156 Å². The van der Waals surface area contributed by atoms with Gasteiger partial charge in [0.2, 0.25) is 0 Å². The maximum atomic E-state index is 2.73. The van der Waals surface area contributed by atoms with Crippen LogP contribution < -0.4 is 9.80 Å². The molecule has 4 nitrogen and oxygen atoms in total. The summed E-state index contributed by atoms with van der Waals surface area (Å²) in [5.74, 6) is 0.495. The lowest BCUT2D eigenvalue weighted by molar-refractivity contribution is 0.506. The van der Waals surface area contributed by atoms with E-state index in [2.05, 4.69) is 294 Å². The highest BCUT2D eigenvalue weighted by Crippen LogP contribution is 2.55. The third kappa shape index (κ3) is 9.12. The molecule has 0 fully saturated rings. The molecule has 458 valence electrons. The number of aryl methyl sites for hydroxylation is 2. The minimum atomic E-state index is 0.0921. The smallest absolute Gasteiger partial charge is 0.0562 e. The van der Waals surface area contributed by atoms with E-state index in [0.717, 1.165) is 38.5 Å². The van der Waals surface area contributed by atoms with Crippen LogP contribution in [0.5, 0.6) is 0 Å². The van der Waals surface area contributed by atoms with Gasteiger partial charge in [-0.3, -0.25) is 0 Å². The van der Waals surface area contributed by atoms with E-state index in [1.165, 1.54) is 192 Å². The summed E-state index contributed by atoms with van der Waals surface area (Å²) in [6.45, 7) is 23.6. The van der Waals surface area contributed by atoms with Gasteiger partial charge < -0.3 is 18.9 Å². The Morgan fingerprint density at radius 2 is 0.783 bits per heavy atom. The van der Waals surface area contributed by atoms with Gasteiger partial charge in [0, 0.05) is 60.8 Å². The Balaban J connectivity index is 0.974. The van der Waals surface area contributed by atoms with Gasteiger partial charge in [-0.1, -0.05) is 184 Å². The first-order chi connectivity index (χ1) is 44.7. The fourth-order valence-electron chi connectivity index (χ4n) is 16.4. The van der Waals surface area contributed by atoms with Gasteiger partial charge >= 0.3 is 0 Å². The molecule has 0 atom stereocenters. The minimum Gasteiger partial charge on any atom is -0.310 e. The number of hydrogen-bond donors (Lipinski definition) is 0. The molecule has 12 aromatic carbocycles. The van der Waals surface area contributed by atoms with Crippen LogP contribution in [0.4, 0.5) is 34.1 Å². The summed E-state index contributed by atoms with van der Waals surface area (Å²) < 4.78 is 5.01. The highest BCUT2D eigenvalue weighted by molar-refractivity contribution is 6.30. The van der Waals surface area contributed by atoms with Crippen LogP contribution in [0.3, 0.4) is 0 Å². The molecule has 92 heavy (non-hydrogen) atoms. The predicted molar refractivity (Wildman–Crippen MR) is 396 cm³/mol. The summed E-state index contributed by atoms with van der Waals surface area (Å²) in [4.78, 5) is 5.42. The molecular weight excluding hydrogens is 1110 g/mol. The van der Waals surface area contributed by atoms with Crippen LogP contribution in [0.15, 0.2) is 206 Å². The highest BCUT2D eigenvalue weighted by Gasteiger charge is 2.32. The maximum absolute atomic E-state index is 2.73. The first-order valence-electron chi connectivity index (χ1n) is 34.6. The van der Waals surface area contributed by atoms with Gasteiger partial charge in [-0.15, -0.1) is 0 Å². The fraction of sp³-hybridized carbons (Fsp3) is 0.273. The molecule has 2 aliphatic carbocycles. The molecule has 2 aromatic heterocycles. The number of para-hydroxylation sites is 2. The van der Waals surface area contributed by atoms with Gasteiger partial charge in [0.25, 0.3) is 0 Å². The molecule has 0 radical (unpaired) electrons. The second-order valence-electron chi connectivity index (χ2n) is 28.9. The molecule has 0 spiro atoms. The van der Waals surface area contributed by atoms with E-state index in [-0.39, 0.29) is 22.7 Å². The monoisotopic (exact) mass is 1200 g/mol. The van der Waals surface area contributed by atoms with Gasteiger partial charge in [-0.25, -0.2) is 0 Å². The highest BCUT2D eigenvalue weighted by atomic mass is 15.2. The second-order valence-corrected chi connectivity index (χ2v) is 28.9. The number of anilines is 6. The summed E-state index contributed by atoms with van der Waals surface area (Å²) >= 11 is 0. The molecule has 0 bridgehead atoms. The van der Waals surface area contributed by atoms with Crippen molar-refractivity contribution in [1.82, 2.24) is 9.13 Å². The largest absolute Gasteiger partial charge is 0.310 e. The molecule has 14 aromatic rings. The van der Waals surface area contributed by atoms with Gasteiger partial charge in [0.1, 0.15) is 0 Å². The van der Waals surface area contributed by atoms with Crippen LogP contribution in [0.1, 0.15) is 164 Å². The summed E-state index contributed by atoms with van der Waals surface area (Å²) in [6, 6.07) is 81.0. The van der Waals surface area contributed by atoms with Crippen LogP contribution in [-0.2, 0) is 36.5 Å². The average molecular weight is 1200 g/mol. The fourth-order valence-corrected chi connectivity index (χ4v) is 16.4. The SMILES string of the molecule is CCC(C)(C)c1ccc(-n2c3ccccc3c3cc(N(c4cccc5c4CCCC5)c4cc(C(C)C)c5ccc6c(N(c7cccc8c7CCCC8)c7cccc8c7c7ccccc7n8-c7ccc(C(C)(C)CC)cc7)cc(C(C)C)c7ccc4c5c76)ccc32)cc1. The van der Waals surface area contributed by atoms with Crippen molar-refractivity contribution in [2.24, 2.45) is 0 Å².